The third-order valence-corrected chi connectivity index (χ3v) is 8.14. The molecule has 2 aromatic carbocycles. The fraction of sp³-hybridized carbons (Fsp3) is 0.393. The molecule has 2 heterocycles. The average molecular weight is 539 g/mol. The molecule has 0 radical (unpaired) electrons. The predicted octanol–water partition coefficient (Wildman–Crippen LogP) is 3.67. The van der Waals surface area contributed by atoms with Crippen LogP contribution in [0.15, 0.2) is 58.5 Å². The lowest BCUT2D eigenvalue weighted by Gasteiger charge is -2.30. The van der Waals surface area contributed by atoms with Crippen molar-refractivity contribution >= 4 is 17.7 Å². The van der Waals surface area contributed by atoms with Crippen LogP contribution in [0.3, 0.4) is 0 Å². The number of carbonyl (C=O) groups is 1. The summed E-state index contributed by atoms with van der Waals surface area (Å²) in [5, 5.41) is 14.7. The molecule has 1 saturated carbocycles. The van der Waals surface area contributed by atoms with Gasteiger partial charge in [-0.3, -0.25) is 14.2 Å². The van der Waals surface area contributed by atoms with E-state index in [9.17, 15) is 19.1 Å². The molecule has 1 amide bonds. The van der Waals surface area contributed by atoms with Gasteiger partial charge in [-0.25, -0.2) is 9.37 Å². The molecule has 8 nitrogen and oxygen atoms in total. The highest BCUT2D eigenvalue weighted by atomic mass is 32.2. The summed E-state index contributed by atoms with van der Waals surface area (Å²) in [5.74, 6) is 0.227. The summed E-state index contributed by atoms with van der Waals surface area (Å²) < 4.78 is 20.0. The lowest BCUT2D eigenvalue weighted by Crippen LogP contribution is -2.44. The lowest BCUT2D eigenvalue weighted by molar-refractivity contribution is -0.131. The van der Waals surface area contributed by atoms with Gasteiger partial charge in [-0.1, -0.05) is 30.3 Å². The summed E-state index contributed by atoms with van der Waals surface area (Å²) >= 11 is 1.59. The van der Waals surface area contributed by atoms with Crippen molar-refractivity contribution in [2.75, 3.05) is 26.2 Å². The number of carbonyl (C=O) groups excluding carboxylic acids is 1. The highest BCUT2D eigenvalue weighted by Gasteiger charge is 2.29. The summed E-state index contributed by atoms with van der Waals surface area (Å²) in [6.07, 6.45) is 4.56. The van der Waals surface area contributed by atoms with Crippen molar-refractivity contribution in [2.24, 2.45) is 0 Å². The molecule has 0 spiro atoms. The van der Waals surface area contributed by atoms with Crippen LogP contribution in [-0.4, -0.2) is 57.0 Å². The number of halogens is 1. The molecule has 2 aliphatic rings. The van der Waals surface area contributed by atoms with Crippen LogP contribution in [-0.2, 0) is 17.8 Å². The van der Waals surface area contributed by atoms with Crippen molar-refractivity contribution < 1.29 is 19.0 Å². The predicted molar refractivity (Wildman–Crippen MR) is 143 cm³/mol. The molecule has 1 aliphatic carbocycles. The molecule has 3 aromatic rings. The first-order valence-electron chi connectivity index (χ1n) is 13.0. The number of hydrogen-bond acceptors (Lipinski definition) is 7. The third-order valence-electron chi connectivity index (χ3n) is 6.86. The van der Waals surface area contributed by atoms with Gasteiger partial charge in [-0.15, -0.1) is 0 Å². The Kier molecular flexibility index (Phi) is 8.29. The fourth-order valence-corrected chi connectivity index (χ4v) is 5.79. The summed E-state index contributed by atoms with van der Waals surface area (Å²) in [5.41, 5.74) is 1.40. The molecular weight excluding hydrogens is 507 g/mol. The van der Waals surface area contributed by atoms with Crippen LogP contribution >= 0.6 is 11.8 Å². The molecule has 10 heteroatoms. The van der Waals surface area contributed by atoms with Gasteiger partial charge in [-0.05, 0) is 62.2 Å². The topological polar surface area (TPSA) is 96.7 Å². The quantitative estimate of drug-likeness (QED) is 0.300. The summed E-state index contributed by atoms with van der Waals surface area (Å²) in [4.78, 5) is 33.2. The van der Waals surface area contributed by atoms with Crippen LogP contribution < -0.4 is 15.6 Å². The number of hydrogen-bond donors (Lipinski definition) is 2. The van der Waals surface area contributed by atoms with Gasteiger partial charge >= 0.3 is 0 Å². The molecule has 5 rings (SSSR count). The van der Waals surface area contributed by atoms with E-state index in [1.54, 1.807) is 53.1 Å². The number of phenolic OH excluding ortho intramolecular Hbond substituents is 1. The number of nitrogens with zero attached hydrogens (tertiary/aromatic N) is 3. The minimum atomic E-state index is -0.307. The fourth-order valence-electron chi connectivity index (χ4n) is 4.48. The first-order valence-corrected chi connectivity index (χ1v) is 13.8. The van der Waals surface area contributed by atoms with Crippen molar-refractivity contribution in [2.45, 2.75) is 49.1 Å². The standard InChI is InChI=1S/C28H31FN4O4S/c29-19-9-11-20(12-10-19)37-16-4-14-30-17-26(35)32-15-13-23-22(18-32)27(36)33(24-7-1-2-8-25(24)34)28(31-23)38-21-5-3-6-21/h1-2,7-12,21,30,34H,3-6,13-18H2. The van der Waals surface area contributed by atoms with Gasteiger partial charge in [0.2, 0.25) is 5.91 Å². The summed E-state index contributed by atoms with van der Waals surface area (Å²) in [6.45, 7) is 1.88. The number of benzene rings is 2. The van der Waals surface area contributed by atoms with Gasteiger partial charge in [0.1, 0.15) is 17.3 Å². The van der Waals surface area contributed by atoms with Gasteiger partial charge in [0.15, 0.2) is 5.16 Å². The van der Waals surface area contributed by atoms with Crippen molar-refractivity contribution in [1.29, 1.82) is 0 Å². The lowest BCUT2D eigenvalue weighted by atomic mass is 10.0. The molecule has 1 aliphatic heterocycles. The molecule has 2 N–H and O–H groups in total. The van der Waals surface area contributed by atoms with E-state index in [4.69, 9.17) is 9.72 Å². The Bertz CT molecular complexity index is 1340. The SMILES string of the molecule is O=C(CNCCCOc1ccc(F)cc1)N1CCc2nc(SC3CCC3)n(-c3ccccc3O)c(=O)c2C1. The number of nitrogens with one attached hydrogen (secondary N) is 1. The van der Waals surface area contributed by atoms with Gasteiger partial charge in [0.25, 0.3) is 5.56 Å². The monoisotopic (exact) mass is 538 g/mol. The smallest absolute Gasteiger partial charge is 0.264 e. The van der Waals surface area contributed by atoms with Crippen LogP contribution in [0.2, 0.25) is 0 Å². The summed E-state index contributed by atoms with van der Waals surface area (Å²) in [7, 11) is 0. The van der Waals surface area contributed by atoms with Crippen molar-refractivity contribution in [3.05, 3.63) is 76.0 Å². The van der Waals surface area contributed by atoms with Gasteiger partial charge in [0, 0.05) is 18.2 Å². The van der Waals surface area contributed by atoms with E-state index in [-0.39, 0.29) is 36.1 Å². The zero-order chi connectivity index (χ0) is 26.5. The number of para-hydroxylation sites is 2. The second-order valence-corrected chi connectivity index (χ2v) is 10.8. The van der Waals surface area contributed by atoms with Crippen LogP contribution in [0.5, 0.6) is 11.5 Å². The molecule has 200 valence electrons. The number of aromatic hydroxyl groups is 1. The molecular formula is C28H31FN4O4S. The van der Waals surface area contributed by atoms with E-state index in [0.29, 0.717) is 59.9 Å². The molecule has 0 saturated heterocycles. The maximum Gasteiger partial charge on any atom is 0.264 e. The number of amides is 1. The van der Waals surface area contributed by atoms with Gasteiger partial charge < -0.3 is 20.1 Å². The molecule has 0 bridgehead atoms. The number of thioether (sulfide) groups is 1. The van der Waals surface area contributed by atoms with E-state index in [1.807, 2.05) is 0 Å². The Labute approximate surface area is 224 Å². The van der Waals surface area contributed by atoms with Gasteiger partial charge in [-0.2, -0.15) is 0 Å². The Morgan fingerprint density at radius 1 is 1.18 bits per heavy atom. The Balaban J connectivity index is 1.21. The Morgan fingerprint density at radius 2 is 1.97 bits per heavy atom. The number of rotatable bonds is 10. The zero-order valence-corrected chi connectivity index (χ0v) is 21.9. The molecule has 0 unspecified atom stereocenters. The van der Waals surface area contributed by atoms with Crippen LogP contribution in [0.4, 0.5) is 4.39 Å². The highest BCUT2D eigenvalue weighted by molar-refractivity contribution is 7.99. The second kappa shape index (κ2) is 12.0. The van der Waals surface area contributed by atoms with Crippen molar-refractivity contribution in [3.63, 3.8) is 0 Å². The Morgan fingerprint density at radius 3 is 2.71 bits per heavy atom. The highest BCUT2D eigenvalue weighted by Crippen LogP contribution is 2.37. The number of phenols is 1. The maximum absolute atomic E-state index is 13.7. The number of aromatic nitrogens is 2. The molecule has 0 atom stereocenters. The normalized spacial score (nSPS) is 15.1. The first-order chi connectivity index (χ1) is 18.5. The minimum Gasteiger partial charge on any atom is -0.506 e. The maximum atomic E-state index is 13.7. The van der Waals surface area contributed by atoms with E-state index in [0.717, 1.165) is 18.5 Å². The van der Waals surface area contributed by atoms with Gasteiger partial charge in [0.05, 0.1) is 36.6 Å². The zero-order valence-electron chi connectivity index (χ0n) is 21.1. The van der Waals surface area contributed by atoms with Crippen molar-refractivity contribution in [3.8, 4) is 17.2 Å². The third kappa shape index (κ3) is 6.02. The van der Waals surface area contributed by atoms with Crippen LogP contribution in [0.25, 0.3) is 5.69 Å². The largest absolute Gasteiger partial charge is 0.506 e. The first kappa shape index (κ1) is 26.2. The number of ether oxygens (including phenoxy) is 1. The van der Waals surface area contributed by atoms with E-state index in [2.05, 4.69) is 5.32 Å². The second-order valence-electron chi connectivity index (χ2n) is 9.52. The minimum absolute atomic E-state index is 0.0168. The molecule has 1 aromatic heterocycles. The van der Waals surface area contributed by atoms with Crippen LogP contribution in [0.1, 0.15) is 36.9 Å². The summed E-state index contributed by atoms with van der Waals surface area (Å²) in [6, 6.07) is 12.6. The van der Waals surface area contributed by atoms with Crippen LogP contribution in [0, 0.1) is 5.82 Å². The van der Waals surface area contributed by atoms with Crippen molar-refractivity contribution in [1.82, 2.24) is 19.8 Å². The van der Waals surface area contributed by atoms with E-state index < -0.39 is 0 Å². The van der Waals surface area contributed by atoms with E-state index >= 15 is 0 Å². The average Bonchev–Trinajstić information content (AvgIpc) is 2.90. The van der Waals surface area contributed by atoms with E-state index in [1.165, 1.54) is 23.1 Å². The molecule has 38 heavy (non-hydrogen) atoms. The molecule has 1 fully saturated rings. The Hall–Kier alpha value is -3.37. The number of fused-ring (bicyclic) bond motifs is 1.